The Morgan fingerprint density at radius 2 is 1.93 bits per heavy atom. The van der Waals surface area contributed by atoms with Crippen molar-refractivity contribution >= 4 is 17.7 Å². The number of nitrogens with zero attached hydrogens (tertiary/aromatic N) is 5. The average Bonchev–Trinajstić information content (AvgIpc) is 3.07. The predicted molar refractivity (Wildman–Crippen MR) is 106 cm³/mol. The standard InChI is InChI=1S/C20H25N5OS/c1-15-7-9-16(10-8-15)18-22-23-19(24(18)2)27-13-17(26)25(3)20(14-21)11-5-4-6-12-20/h7-10H,4-6,11-13H2,1-3H3. The molecule has 2 aromatic rings. The average molecular weight is 384 g/mol. The summed E-state index contributed by atoms with van der Waals surface area (Å²) in [5.74, 6) is 0.988. The first-order chi connectivity index (χ1) is 13.0. The van der Waals surface area contributed by atoms with E-state index < -0.39 is 5.54 Å². The van der Waals surface area contributed by atoms with E-state index in [9.17, 15) is 10.1 Å². The second kappa shape index (κ2) is 8.13. The molecule has 7 heteroatoms. The van der Waals surface area contributed by atoms with Crippen LogP contribution in [0.1, 0.15) is 37.7 Å². The van der Waals surface area contributed by atoms with Crippen LogP contribution in [0.5, 0.6) is 0 Å². The fraction of sp³-hybridized carbons (Fsp3) is 0.500. The van der Waals surface area contributed by atoms with Crippen molar-refractivity contribution in [3.8, 4) is 17.5 Å². The van der Waals surface area contributed by atoms with Gasteiger partial charge in [0, 0.05) is 19.7 Å². The fourth-order valence-electron chi connectivity index (χ4n) is 3.52. The highest BCUT2D eigenvalue weighted by Gasteiger charge is 2.38. The molecular formula is C20H25N5OS. The highest BCUT2D eigenvalue weighted by atomic mass is 32.2. The van der Waals surface area contributed by atoms with E-state index >= 15 is 0 Å². The monoisotopic (exact) mass is 383 g/mol. The Morgan fingerprint density at radius 1 is 1.26 bits per heavy atom. The van der Waals surface area contributed by atoms with Crippen LogP contribution in [0, 0.1) is 18.3 Å². The molecule has 0 atom stereocenters. The summed E-state index contributed by atoms with van der Waals surface area (Å²) in [6.07, 6.45) is 4.67. The maximum absolute atomic E-state index is 12.7. The molecule has 1 aromatic heterocycles. The molecule has 27 heavy (non-hydrogen) atoms. The Balaban J connectivity index is 1.67. The number of hydrogen-bond donors (Lipinski definition) is 0. The molecule has 0 radical (unpaired) electrons. The molecule has 1 heterocycles. The van der Waals surface area contributed by atoms with Gasteiger partial charge in [0.2, 0.25) is 5.91 Å². The molecule has 1 saturated carbocycles. The molecule has 0 N–H and O–H groups in total. The summed E-state index contributed by atoms with van der Waals surface area (Å²) in [5, 5.41) is 18.9. The van der Waals surface area contributed by atoms with Crippen molar-refractivity contribution in [1.82, 2.24) is 19.7 Å². The van der Waals surface area contributed by atoms with Crippen molar-refractivity contribution in [2.24, 2.45) is 7.05 Å². The number of nitriles is 1. The Kier molecular flexibility index (Phi) is 5.85. The molecule has 0 saturated heterocycles. The molecule has 0 spiro atoms. The molecule has 0 bridgehead atoms. The van der Waals surface area contributed by atoms with Gasteiger partial charge in [-0.05, 0) is 19.8 Å². The number of aryl methyl sites for hydroxylation is 1. The topological polar surface area (TPSA) is 74.8 Å². The third-order valence-electron chi connectivity index (χ3n) is 5.37. The zero-order chi connectivity index (χ0) is 19.4. The van der Waals surface area contributed by atoms with E-state index in [1.165, 1.54) is 17.3 Å². The first-order valence-electron chi connectivity index (χ1n) is 9.24. The van der Waals surface area contributed by atoms with Crippen LogP contribution >= 0.6 is 11.8 Å². The number of benzene rings is 1. The summed E-state index contributed by atoms with van der Waals surface area (Å²) in [4.78, 5) is 14.4. The smallest absolute Gasteiger partial charge is 0.234 e. The van der Waals surface area contributed by atoms with Gasteiger partial charge in [-0.15, -0.1) is 10.2 Å². The molecule has 0 aliphatic heterocycles. The Hall–Kier alpha value is -2.33. The molecule has 6 nitrogen and oxygen atoms in total. The molecule has 3 rings (SSSR count). The molecule has 1 amide bonds. The predicted octanol–water partition coefficient (Wildman–Crippen LogP) is 3.57. The second-order valence-corrected chi connectivity index (χ2v) is 8.12. The second-order valence-electron chi connectivity index (χ2n) is 7.18. The first-order valence-corrected chi connectivity index (χ1v) is 10.2. The maximum Gasteiger partial charge on any atom is 0.234 e. The van der Waals surface area contributed by atoms with Gasteiger partial charge < -0.3 is 9.47 Å². The molecule has 1 aliphatic rings. The van der Waals surface area contributed by atoms with Crippen molar-refractivity contribution in [2.75, 3.05) is 12.8 Å². The van der Waals surface area contributed by atoms with Crippen molar-refractivity contribution in [3.63, 3.8) is 0 Å². The number of carbonyl (C=O) groups is 1. The van der Waals surface area contributed by atoms with Gasteiger partial charge >= 0.3 is 0 Å². The number of carbonyl (C=O) groups excluding carboxylic acids is 1. The van der Waals surface area contributed by atoms with E-state index in [1.807, 2.05) is 42.8 Å². The lowest BCUT2D eigenvalue weighted by molar-refractivity contribution is -0.131. The highest BCUT2D eigenvalue weighted by molar-refractivity contribution is 7.99. The van der Waals surface area contributed by atoms with Gasteiger partial charge in [-0.2, -0.15) is 5.26 Å². The summed E-state index contributed by atoms with van der Waals surface area (Å²) in [6.45, 7) is 2.05. The van der Waals surface area contributed by atoms with Crippen LogP contribution in [-0.2, 0) is 11.8 Å². The van der Waals surface area contributed by atoms with Crippen molar-refractivity contribution in [3.05, 3.63) is 29.8 Å². The lowest BCUT2D eigenvalue weighted by Crippen LogP contribution is -2.50. The Labute approximate surface area is 164 Å². The minimum absolute atomic E-state index is 0.0386. The number of thioether (sulfide) groups is 1. The fourth-order valence-corrected chi connectivity index (χ4v) is 4.34. The minimum Gasteiger partial charge on any atom is -0.326 e. The maximum atomic E-state index is 12.7. The molecule has 1 aromatic carbocycles. The molecule has 0 unspecified atom stereocenters. The van der Waals surface area contributed by atoms with Crippen LogP contribution in [0.2, 0.25) is 0 Å². The van der Waals surface area contributed by atoms with E-state index in [1.54, 1.807) is 11.9 Å². The van der Waals surface area contributed by atoms with Crippen molar-refractivity contribution in [2.45, 2.75) is 49.7 Å². The summed E-state index contributed by atoms with van der Waals surface area (Å²) < 4.78 is 1.91. The SMILES string of the molecule is Cc1ccc(-c2nnc(SCC(=O)N(C)C3(C#N)CCCCC3)n2C)cc1. The van der Waals surface area contributed by atoms with Crippen LogP contribution in [0.15, 0.2) is 29.4 Å². The van der Waals surface area contributed by atoms with E-state index in [4.69, 9.17) is 0 Å². The summed E-state index contributed by atoms with van der Waals surface area (Å²) in [6, 6.07) is 10.5. The van der Waals surface area contributed by atoms with Gasteiger partial charge in [-0.1, -0.05) is 60.9 Å². The van der Waals surface area contributed by atoms with Gasteiger partial charge in [0.1, 0.15) is 5.54 Å². The summed E-state index contributed by atoms with van der Waals surface area (Å²) in [7, 11) is 3.66. The third kappa shape index (κ3) is 4.01. The Bertz CT molecular complexity index is 846. The van der Waals surface area contributed by atoms with E-state index in [0.717, 1.165) is 43.5 Å². The number of aromatic nitrogens is 3. The highest BCUT2D eigenvalue weighted by Crippen LogP contribution is 2.33. The number of amides is 1. The lowest BCUT2D eigenvalue weighted by atomic mass is 9.81. The largest absolute Gasteiger partial charge is 0.326 e. The third-order valence-corrected chi connectivity index (χ3v) is 6.38. The minimum atomic E-state index is -0.650. The van der Waals surface area contributed by atoms with Crippen LogP contribution in [0.3, 0.4) is 0 Å². The van der Waals surface area contributed by atoms with E-state index in [2.05, 4.69) is 16.3 Å². The normalized spacial score (nSPS) is 15.9. The first kappa shape index (κ1) is 19.4. The van der Waals surface area contributed by atoms with Gasteiger partial charge in [-0.3, -0.25) is 4.79 Å². The van der Waals surface area contributed by atoms with Crippen molar-refractivity contribution < 1.29 is 4.79 Å². The summed E-state index contributed by atoms with van der Waals surface area (Å²) in [5.41, 5.74) is 1.54. The van der Waals surface area contributed by atoms with Gasteiger partial charge in [0.05, 0.1) is 11.8 Å². The molecular weight excluding hydrogens is 358 g/mol. The van der Waals surface area contributed by atoms with Gasteiger partial charge in [-0.25, -0.2) is 0 Å². The zero-order valence-electron chi connectivity index (χ0n) is 16.1. The quantitative estimate of drug-likeness (QED) is 0.738. The van der Waals surface area contributed by atoms with Crippen LogP contribution in [0.4, 0.5) is 0 Å². The zero-order valence-corrected chi connectivity index (χ0v) is 16.9. The Morgan fingerprint density at radius 3 is 2.56 bits per heavy atom. The summed E-state index contributed by atoms with van der Waals surface area (Å²) >= 11 is 1.36. The van der Waals surface area contributed by atoms with Crippen molar-refractivity contribution in [1.29, 1.82) is 5.26 Å². The van der Waals surface area contributed by atoms with E-state index in [-0.39, 0.29) is 11.7 Å². The molecule has 1 fully saturated rings. The number of rotatable bonds is 5. The van der Waals surface area contributed by atoms with Gasteiger partial charge in [0.25, 0.3) is 0 Å². The van der Waals surface area contributed by atoms with Crippen LogP contribution < -0.4 is 0 Å². The molecule has 142 valence electrons. The van der Waals surface area contributed by atoms with Crippen LogP contribution in [0.25, 0.3) is 11.4 Å². The molecule has 1 aliphatic carbocycles. The van der Waals surface area contributed by atoms with Crippen LogP contribution in [-0.4, -0.2) is 43.9 Å². The number of hydrogen-bond acceptors (Lipinski definition) is 5. The lowest BCUT2D eigenvalue weighted by Gasteiger charge is -2.39. The van der Waals surface area contributed by atoms with Gasteiger partial charge in [0.15, 0.2) is 11.0 Å². The van der Waals surface area contributed by atoms with E-state index in [0.29, 0.717) is 5.16 Å².